The standard InChI is InChI=1S/C30H26O5/c1-21-8-16-27(17-9-21)34-20-22-10-12-25(13-11-22)30(32)35-29(24-6-4-3-5-7-24)28(31)23-14-18-26(33-2)19-15-23/h3-19,29H,20H2,1-2H3/t29-/m1/s1. The number of hydrogen-bond donors (Lipinski definition) is 0. The van der Waals surface area contributed by atoms with Crippen molar-refractivity contribution in [3.63, 3.8) is 0 Å². The second-order valence-electron chi connectivity index (χ2n) is 8.09. The van der Waals surface area contributed by atoms with Crippen LogP contribution in [0.5, 0.6) is 11.5 Å². The zero-order chi connectivity index (χ0) is 24.6. The van der Waals surface area contributed by atoms with E-state index in [-0.39, 0.29) is 5.78 Å². The van der Waals surface area contributed by atoms with Crippen LogP contribution in [0.4, 0.5) is 0 Å². The van der Waals surface area contributed by atoms with Gasteiger partial charge in [0, 0.05) is 11.1 Å². The van der Waals surface area contributed by atoms with Crippen LogP contribution >= 0.6 is 0 Å². The highest BCUT2D eigenvalue weighted by Crippen LogP contribution is 2.25. The summed E-state index contributed by atoms with van der Waals surface area (Å²) in [6, 6.07) is 30.5. The fraction of sp³-hybridized carbons (Fsp3) is 0.133. The smallest absolute Gasteiger partial charge is 0.339 e. The molecule has 0 unspecified atom stereocenters. The number of carbonyl (C=O) groups excluding carboxylic acids is 2. The number of methoxy groups -OCH3 is 1. The van der Waals surface area contributed by atoms with Crippen molar-refractivity contribution in [2.75, 3.05) is 7.11 Å². The predicted octanol–water partition coefficient (Wildman–Crippen LogP) is 6.36. The Morgan fingerprint density at radius 2 is 1.31 bits per heavy atom. The number of benzene rings is 4. The van der Waals surface area contributed by atoms with Gasteiger partial charge in [-0.25, -0.2) is 4.79 Å². The summed E-state index contributed by atoms with van der Waals surface area (Å²) in [6.45, 7) is 2.40. The summed E-state index contributed by atoms with van der Waals surface area (Å²) in [5.74, 6) is 0.533. The molecule has 0 aromatic heterocycles. The molecule has 0 bridgehead atoms. The fourth-order valence-electron chi connectivity index (χ4n) is 3.52. The molecule has 0 saturated heterocycles. The molecule has 35 heavy (non-hydrogen) atoms. The van der Waals surface area contributed by atoms with Crippen LogP contribution in [-0.2, 0) is 11.3 Å². The van der Waals surface area contributed by atoms with E-state index in [9.17, 15) is 9.59 Å². The van der Waals surface area contributed by atoms with Crippen LogP contribution in [0.2, 0.25) is 0 Å². The predicted molar refractivity (Wildman–Crippen MR) is 134 cm³/mol. The van der Waals surface area contributed by atoms with E-state index in [1.165, 1.54) is 5.56 Å². The van der Waals surface area contributed by atoms with Gasteiger partial charge in [-0.2, -0.15) is 0 Å². The number of ether oxygens (including phenoxy) is 3. The second-order valence-corrected chi connectivity index (χ2v) is 8.09. The van der Waals surface area contributed by atoms with E-state index in [2.05, 4.69) is 0 Å². The number of rotatable bonds is 9. The summed E-state index contributed by atoms with van der Waals surface area (Å²) in [6.07, 6.45) is -1.07. The summed E-state index contributed by atoms with van der Waals surface area (Å²) < 4.78 is 16.7. The maximum absolute atomic E-state index is 13.3. The number of aryl methyl sites for hydroxylation is 1. The number of ketones is 1. The van der Waals surface area contributed by atoms with Gasteiger partial charge in [0.15, 0.2) is 6.10 Å². The molecule has 5 heteroatoms. The number of hydrogen-bond acceptors (Lipinski definition) is 5. The highest BCUT2D eigenvalue weighted by Gasteiger charge is 2.26. The molecule has 0 saturated carbocycles. The van der Waals surface area contributed by atoms with Crippen LogP contribution in [-0.4, -0.2) is 18.9 Å². The fourth-order valence-corrected chi connectivity index (χ4v) is 3.52. The third-order valence-corrected chi connectivity index (χ3v) is 5.56. The molecule has 0 spiro atoms. The minimum absolute atomic E-state index is 0.310. The van der Waals surface area contributed by atoms with Gasteiger partial charge in [-0.15, -0.1) is 0 Å². The third kappa shape index (κ3) is 6.15. The van der Waals surface area contributed by atoms with Crippen molar-refractivity contribution < 1.29 is 23.8 Å². The highest BCUT2D eigenvalue weighted by molar-refractivity contribution is 6.02. The molecule has 0 amide bonds. The average molecular weight is 467 g/mol. The van der Waals surface area contributed by atoms with Crippen molar-refractivity contribution in [1.29, 1.82) is 0 Å². The summed E-state index contributed by atoms with van der Waals surface area (Å²) in [5.41, 5.74) is 3.46. The van der Waals surface area contributed by atoms with Crippen LogP contribution in [0.3, 0.4) is 0 Å². The molecular weight excluding hydrogens is 440 g/mol. The first-order valence-corrected chi connectivity index (χ1v) is 11.3. The van der Waals surface area contributed by atoms with Gasteiger partial charge >= 0.3 is 5.97 Å². The zero-order valence-electron chi connectivity index (χ0n) is 19.6. The summed E-state index contributed by atoms with van der Waals surface area (Å²) in [5, 5.41) is 0. The van der Waals surface area contributed by atoms with Gasteiger partial charge in [-0.05, 0) is 61.0 Å². The lowest BCUT2D eigenvalue weighted by atomic mass is 9.99. The van der Waals surface area contributed by atoms with Crippen molar-refractivity contribution in [2.45, 2.75) is 19.6 Å². The maximum Gasteiger partial charge on any atom is 0.339 e. The number of carbonyl (C=O) groups is 2. The summed E-state index contributed by atoms with van der Waals surface area (Å²) in [7, 11) is 1.56. The normalized spacial score (nSPS) is 11.4. The quantitative estimate of drug-likeness (QED) is 0.212. The molecule has 0 N–H and O–H groups in total. The van der Waals surface area contributed by atoms with Gasteiger partial charge in [0.25, 0.3) is 0 Å². The van der Waals surface area contributed by atoms with Crippen molar-refractivity contribution in [2.24, 2.45) is 0 Å². The molecule has 1 atom stereocenters. The van der Waals surface area contributed by atoms with Gasteiger partial charge in [-0.3, -0.25) is 4.79 Å². The van der Waals surface area contributed by atoms with Crippen LogP contribution in [0.25, 0.3) is 0 Å². The summed E-state index contributed by atoms with van der Waals surface area (Å²) >= 11 is 0. The van der Waals surface area contributed by atoms with Gasteiger partial charge in [0.1, 0.15) is 18.1 Å². The van der Waals surface area contributed by atoms with E-state index in [4.69, 9.17) is 14.2 Å². The number of Topliss-reactive ketones (excluding diaryl/α,β-unsaturated/α-hetero) is 1. The van der Waals surface area contributed by atoms with Gasteiger partial charge < -0.3 is 14.2 Å². The first-order chi connectivity index (χ1) is 17.0. The Bertz CT molecular complexity index is 1260. The highest BCUT2D eigenvalue weighted by atomic mass is 16.5. The van der Waals surface area contributed by atoms with Crippen LogP contribution in [0, 0.1) is 6.92 Å². The molecule has 5 nitrogen and oxygen atoms in total. The van der Waals surface area contributed by atoms with Crippen molar-refractivity contribution >= 4 is 11.8 Å². The molecule has 0 radical (unpaired) electrons. The minimum Gasteiger partial charge on any atom is -0.497 e. The molecule has 0 heterocycles. The molecule has 0 aliphatic carbocycles. The Balaban J connectivity index is 1.47. The Morgan fingerprint density at radius 3 is 1.94 bits per heavy atom. The molecular formula is C30H26O5. The number of esters is 1. The molecule has 0 aliphatic heterocycles. The molecule has 4 rings (SSSR count). The Hall–Kier alpha value is -4.38. The summed E-state index contributed by atoms with van der Waals surface area (Å²) in [4.78, 5) is 26.2. The molecule has 0 aliphatic rings. The first-order valence-electron chi connectivity index (χ1n) is 11.3. The monoisotopic (exact) mass is 466 g/mol. The van der Waals surface area contributed by atoms with E-state index in [0.29, 0.717) is 29.0 Å². The van der Waals surface area contributed by atoms with Gasteiger partial charge in [-0.1, -0.05) is 60.2 Å². The largest absolute Gasteiger partial charge is 0.497 e. The third-order valence-electron chi connectivity index (χ3n) is 5.56. The van der Waals surface area contributed by atoms with E-state index < -0.39 is 12.1 Å². The Kier molecular flexibility index (Phi) is 7.58. The zero-order valence-corrected chi connectivity index (χ0v) is 19.6. The van der Waals surface area contributed by atoms with Crippen molar-refractivity contribution in [1.82, 2.24) is 0 Å². The molecule has 4 aromatic rings. The van der Waals surface area contributed by atoms with E-state index >= 15 is 0 Å². The second kappa shape index (κ2) is 11.2. The van der Waals surface area contributed by atoms with E-state index in [1.54, 1.807) is 67.8 Å². The van der Waals surface area contributed by atoms with E-state index in [1.807, 2.05) is 49.4 Å². The van der Waals surface area contributed by atoms with E-state index in [0.717, 1.165) is 11.3 Å². The van der Waals surface area contributed by atoms with Gasteiger partial charge in [0.2, 0.25) is 5.78 Å². The van der Waals surface area contributed by atoms with Crippen molar-refractivity contribution in [3.8, 4) is 11.5 Å². The Morgan fingerprint density at radius 1 is 0.714 bits per heavy atom. The van der Waals surface area contributed by atoms with Crippen LogP contribution < -0.4 is 9.47 Å². The SMILES string of the molecule is COc1ccc(C(=O)[C@H](OC(=O)c2ccc(COc3ccc(C)cc3)cc2)c2ccccc2)cc1. The maximum atomic E-state index is 13.3. The molecule has 0 fully saturated rings. The van der Waals surface area contributed by atoms with Crippen LogP contribution in [0.15, 0.2) is 103 Å². The lowest BCUT2D eigenvalue weighted by Gasteiger charge is -2.18. The molecule has 176 valence electrons. The minimum atomic E-state index is -1.07. The lowest BCUT2D eigenvalue weighted by Crippen LogP contribution is -2.20. The average Bonchev–Trinajstić information content (AvgIpc) is 2.91. The van der Waals surface area contributed by atoms with Gasteiger partial charge in [0.05, 0.1) is 12.7 Å². The lowest BCUT2D eigenvalue weighted by molar-refractivity contribution is 0.0280. The van der Waals surface area contributed by atoms with Crippen LogP contribution in [0.1, 0.15) is 43.5 Å². The topological polar surface area (TPSA) is 61.8 Å². The Labute approximate surface area is 204 Å². The first kappa shape index (κ1) is 23.8. The van der Waals surface area contributed by atoms with Crippen molar-refractivity contribution in [3.05, 3.63) is 131 Å². The molecule has 4 aromatic carbocycles.